The third-order valence-corrected chi connectivity index (χ3v) is 2.74. The van der Waals surface area contributed by atoms with Crippen molar-refractivity contribution in [2.24, 2.45) is 5.92 Å². The number of aliphatic hydroxyl groups is 4. The molecule has 0 aliphatic heterocycles. The van der Waals surface area contributed by atoms with Gasteiger partial charge in [-0.25, -0.2) is 0 Å². The van der Waals surface area contributed by atoms with Gasteiger partial charge in [0.05, 0.1) is 6.10 Å². The van der Waals surface area contributed by atoms with Crippen LogP contribution in [0.15, 0.2) is 0 Å². The van der Waals surface area contributed by atoms with E-state index in [1.807, 2.05) is 0 Å². The van der Waals surface area contributed by atoms with Gasteiger partial charge in [-0.3, -0.25) is 0 Å². The van der Waals surface area contributed by atoms with E-state index < -0.39 is 12.4 Å². The average molecular weight is 190 g/mol. The van der Waals surface area contributed by atoms with Crippen molar-refractivity contribution < 1.29 is 20.4 Å². The van der Waals surface area contributed by atoms with Crippen molar-refractivity contribution in [2.75, 3.05) is 0 Å². The van der Waals surface area contributed by atoms with E-state index in [0.29, 0.717) is 12.3 Å². The Hall–Kier alpha value is -0.160. The first kappa shape index (κ1) is 10.9. The van der Waals surface area contributed by atoms with Gasteiger partial charge >= 0.3 is 0 Å². The molecule has 0 saturated heterocycles. The summed E-state index contributed by atoms with van der Waals surface area (Å²) in [4.78, 5) is 0. The highest BCUT2D eigenvalue weighted by Crippen LogP contribution is 2.28. The number of hydrogen-bond acceptors (Lipinski definition) is 4. The van der Waals surface area contributed by atoms with Crippen LogP contribution in [0.25, 0.3) is 0 Å². The van der Waals surface area contributed by atoms with Crippen molar-refractivity contribution in [1.29, 1.82) is 0 Å². The van der Waals surface area contributed by atoms with Crippen LogP contribution in [0.2, 0.25) is 0 Å². The van der Waals surface area contributed by atoms with Crippen LogP contribution in [0.5, 0.6) is 0 Å². The van der Waals surface area contributed by atoms with Crippen molar-refractivity contribution in [3.8, 4) is 0 Å². The van der Waals surface area contributed by atoms with Crippen LogP contribution < -0.4 is 0 Å². The Morgan fingerprint density at radius 3 is 2.00 bits per heavy atom. The predicted octanol–water partition coefficient (Wildman–Crippen LogP) is -0.401. The summed E-state index contributed by atoms with van der Waals surface area (Å²) >= 11 is 0. The van der Waals surface area contributed by atoms with Gasteiger partial charge in [-0.1, -0.05) is 0 Å². The zero-order valence-electron chi connectivity index (χ0n) is 7.63. The molecule has 1 aliphatic carbocycles. The molecule has 1 rings (SSSR count). The molecule has 0 amide bonds. The fourth-order valence-corrected chi connectivity index (χ4v) is 1.84. The second-order valence-electron chi connectivity index (χ2n) is 3.89. The zero-order valence-corrected chi connectivity index (χ0v) is 7.63. The number of hydrogen-bond donors (Lipinski definition) is 4. The van der Waals surface area contributed by atoms with Crippen LogP contribution in [0.1, 0.15) is 32.1 Å². The second kappa shape index (κ2) is 4.91. The van der Waals surface area contributed by atoms with Crippen molar-refractivity contribution >= 4 is 0 Å². The van der Waals surface area contributed by atoms with Crippen LogP contribution in [-0.4, -0.2) is 38.9 Å². The molecule has 0 aromatic heterocycles. The molecule has 0 bridgehead atoms. The van der Waals surface area contributed by atoms with E-state index in [1.165, 1.54) is 0 Å². The Morgan fingerprint density at radius 1 is 1.00 bits per heavy atom. The van der Waals surface area contributed by atoms with Crippen LogP contribution in [0.4, 0.5) is 0 Å². The summed E-state index contributed by atoms with van der Waals surface area (Å²) < 4.78 is 0. The summed E-state index contributed by atoms with van der Waals surface area (Å²) in [5, 5.41) is 35.7. The van der Waals surface area contributed by atoms with E-state index in [2.05, 4.69) is 0 Å². The monoisotopic (exact) mass is 190 g/mol. The van der Waals surface area contributed by atoms with Gasteiger partial charge in [0.1, 0.15) is 6.10 Å². The third kappa shape index (κ3) is 3.60. The van der Waals surface area contributed by atoms with Crippen molar-refractivity contribution in [3.63, 3.8) is 0 Å². The van der Waals surface area contributed by atoms with E-state index in [9.17, 15) is 10.2 Å². The average Bonchev–Trinajstić information content (AvgIpc) is 2.08. The molecule has 4 nitrogen and oxygen atoms in total. The Kier molecular flexibility index (Phi) is 4.12. The molecule has 0 heterocycles. The summed E-state index contributed by atoms with van der Waals surface area (Å²) in [6.45, 7) is 0. The maximum absolute atomic E-state index is 9.21. The summed E-state index contributed by atoms with van der Waals surface area (Å²) in [6, 6.07) is 0. The van der Waals surface area contributed by atoms with Gasteiger partial charge in [0.25, 0.3) is 0 Å². The minimum absolute atomic E-state index is 0.201. The molecule has 1 fully saturated rings. The lowest BCUT2D eigenvalue weighted by Crippen LogP contribution is -2.29. The van der Waals surface area contributed by atoms with Gasteiger partial charge in [-0.2, -0.15) is 0 Å². The normalized spacial score (nSPS) is 32.1. The van der Waals surface area contributed by atoms with Gasteiger partial charge in [0.2, 0.25) is 0 Å². The Labute approximate surface area is 77.8 Å². The highest BCUT2D eigenvalue weighted by atomic mass is 16.5. The lowest BCUT2D eigenvalue weighted by atomic mass is 9.84. The Bertz CT molecular complexity index is 141. The molecule has 4 heteroatoms. The fourth-order valence-electron chi connectivity index (χ4n) is 1.84. The molecule has 1 aliphatic rings. The number of rotatable bonds is 3. The third-order valence-electron chi connectivity index (χ3n) is 2.74. The molecule has 1 unspecified atom stereocenters. The lowest BCUT2D eigenvalue weighted by molar-refractivity contribution is -0.129. The summed E-state index contributed by atoms with van der Waals surface area (Å²) in [5.41, 5.74) is 0. The topological polar surface area (TPSA) is 80.9 Å². The van der Waals surface area contributed by atoms with Gasteiger partial charge < -0.3 is 20.4 Å². The molecule has 0 spiro atoms. The van der Waals surface area contributed by atoms with Gasteiger partial charge in [-0.05, 0) is 38.0 Å². The quantitative estimate of drug-likeness (QED) is 0.456. The van der Waals surface area contributed by atoms with Gasteiger partial charge in [0, 0.05) is 0 Å². The van der Waals surface area contributed by atoms with Crippen LogP contribution in [-0.2, 0) is 0 Å². The molecule has 13 heavy (non-hydrogen) atoms. The van der Waals surface area contributed by atoms with E-state index in [0.717, 1.165) is 25.7 Å². The van der Waals surface area contributed by atoms with Crippen molar-refractivity contribution in [1.82, 2.24) is 0 Å². The molecule has 0 aromatic rings. The molecule has 0 radical (unpaired) electrons. The van der Waals surface area contributed by atoms with E-state index in [4.69, 9.17) is 10.2 Å². The van der Waals surface area contributed by atoms with E-state index in [1.54, 1.807) is 0 Å². The van der Waals surface area contributed by atoms with Gasteiger partial charge in [-0.15, -0.1) is 0 Å². The van der Waals surface area contributed by atoms with Crippen LogP contribution in [0.3, 0.4) is 0 Å². The maximum atomic E-state index is 9.21. The highest BCUT2D eigenvalue weighted by Gasteiger charge is 2.23. The van der Waals surface area contributed by atoms with Crippen LogP contribution in [0, 0.1) is 5.92 Å². The smallest absolute Gasteiger partial charge is 0.178 e. The van der Waals surface area contributed by atoms with Gasteiger partial charge in [0.15, 0.2) is 6.29 Å². The first-order valence-corrected chi connectivity index (χ1v) is 4.82. The largest absolute Gasteiger partial charge is 0.393 e. The summed E-state index contributed by atoms with van der Waals surface area (Å²) in [6.07, 6.45) is 0.803. The number of aliphatic hydroxyl groups excluding tert-OH is 3. The highest BCUT2D eigenvalue weighted by molar-refractivity contribution is 4.74. The minimum Gasteiger partial charge on any atom is -0.393 e. The Balaban J connectivity index is 2.22. The first-order valence-electron chi connectivity index (χ1n) is 4.82. The minimum atomic E-state index is -1.63. The molecular weight excluding hydrogens is 172 g/mol. The zero-order chi connectivity index (χ0) is 9.84. The second-order valence-corrected chi connectivity index (χ2v) is 3.89. The van der Waals surface area contributed by atoms with Crippen molar-refractivity contribution in [2.45, 2.75) is 50.6 Å². The lowest BCUT2D eigenvalue weighted by Gasteiger charge is -2.27. The van der Waals surface area contributed by atoms with Crippen LogP contribution >= 0.6 is 0 Å². The summed E-state index contributed by atoms with van der Waals surface area (Å²) in [5.74, 6) is 0.320. The molecule has 1 atom stereocenters. The molecule has 0 aromatic carbocycles. The molecule has 1 saturated carbocycles. The summed E-state index contributed by atoms with van der Waals surface area (Å²) in [7, 11) is 0. The molecule has 78 valence electrons. The standard InChI is InChI=1S/C9H18O4/c10-7-3-1-6(2-4-7)5-8(11)9(12)13/h6-13H,1-5H2. The van der Waals surface area contributed by atoms with E-state index in [-0.39, 0.29) is 6.10 Å². The fraction of sp³-hybridized carbons (Fsp3) is 1.00. The molecular formula is C9H18O4. The van der Waals surface area contributed by atoms with Crippen molar-refractivity contribution in [3.05, 3.63) is 0 Å². The molecule has 4 N–H and O–H groups in total. The first-order chi connectivity index (χ1) is 6.09. The Morgan fingerprint density at radius 2 is 1.54 bits per heavy atom. The van der Waals surface area contributed by atoms with E-state index >= 15 is 0 Å². The SMILES string of the molecule is OC1CCC(CC(O)C(O)O)CC1. The maximum Gasteiger partial charge on any atom is 0.178 e. The predicted molar refractivity (Wildman–Crippen MR) is 46.8 cm³/mol.